The lowest BCUT2D eigenvalue weighted by atomic mass is 9.92. The van der Waals surface area contributed by atoms with E-state index in [0.29, 0.717) is 0 Å². The van der Waals surface area contributed by atoms with Crippen molar-refractivity contribution in [1.82, 2.24) is 0 Å². The smallest absolute Gasteiger partial charge is 0.460 e. The molecular formula is C6H2F8O4. The molecular weight excluding hydrogens is 288 g/mol. The van der Waals surface area contributed by atoms with Crippen LogP contribution < -0.4 is 0 Å². The summed E-state index contributed by atoms with van der Waals surface area (Å²) in [5.74, 6) is -21.6. The molecule has 0 amide bonds. The van der Waals surface area contributed by atoms with E-state index in [4.69, 9.17) is 10.2 Å². The molecule has 0 aromatic rings. The Morgan fingerprint density at radius 1 is 0.667 bits per heavy atom. The van der Waals surface area contributed by atoms with Crippen LogP contribution in [0.15, 0.2) is 0 Å². The minimum absolute atomic E-state index is 3.69. The molecule has 0 aromatic heterocycles. The summed E-state index contributed by atoms with van der Waals surface area (Å²) in [5.41, 5.74) is -6.13. The molecule has 0 unspecified atom stereocenters. The van der Waals surface area contributed by atoms with Crippen LogP contribution in [-0.2, 0) is 9.59 Å². The minimum Gasteiger partial charge on any atom is -0.478 e. The predicted octanol–water partition coefficient (Wildman–Crippen LogP) is 1.70. The van der Waals surface area contributed by atoms with Crippen LogP contribution in [0.1, 0.15) is 0 Å². The zero-order chi connectivity index (χ0) is 15.2. The SMILES string of the molecule is O=C(O)C(F)(C(=O)O)C(F)(F)C(F)(F)C(F)(F)F. The first-order valence-electron chi connectivity index (χ1n) is 3.62. The molecule has 0 radical (unpaired) electrons. The summed E-state index contributed by atoms with van der Waals surface area (Å²) in [5, 5.41) is 15.7. The van der Waals surface area contributed by atoms with Crippen molar-refractivity contribution in [2.45, 2.75) is 23.7 Å². The van der Waals surface area contributed by atoms with E-state index in [0.717, 1.165) is 0 Å². The number of aliphatic carboxylic acids is 2. The van der Waals surface area contributed by atoms with Gasteiger partial charge in [0.15, 0.2) is 0 Å². The van der Waals surface area contributed by atoms with Gasteiger partial charge in [-0.25, -0.2) is 14.0 Å². The molecule has 0 spiro atoms. The number of hydrogen-bond acceptors (Lipinski definition) is 2. The summed E-state index contributed by atoms with van der Waals surface area (Å²) < 4.78 is 97.6. The van der Waals surface area contributed by atoms with E-state index < -0.39 is 35.6 Å². The van der Waals surface area contributed by atoms with Crippen molar-refractivity contribution >= 4 is 11.9 Å². The third kappa shape index (κ3) is 1.84. The maximum atomic E-state index is 12.9. The lowest BCUT2D eigenvalue weighted by Crippen LogP contribution is -2.68. The molecule has 0 atom stereocenters. The molecule has 0 aliphatic heterocycles. The van der Waals surface area contributed by atoms with E-state index in [-0.39, 0.29) is 0 Å². The van der Waals surface area contributed by atoms with Gasteiger partial charge in [0, 0.05) is 0 Å². The number of halogens is 8. The zero-order valence-electron chi connectivity index (χ0n) is 7.73. The van der Waals surface area contributed by atoms with Gasteiger partial charge in [0.1, 0.15) is 0 Å². The van der Waals surface area contributed by atoms with Gasteiger partial charge in [-0.2, -0.15) is 30.7 Å². The number of rotatable bonds is 4. The largest absolute Gasteiger partial charge is 0.478 e. The predicted molar refractivity (Wildman–Crippen MR) is 35.1 cm³/mol. The first-order valence-corrected chi connectivity index (χ1v) is 3.62. The number of carboxylic acids is 2. The van der Waals surface area contributed by atoms with Crippen molar-refractivity contribution in [2.24, 2.45) is 0 Å². The van der Waals surface area contributed by atoms with Crippen molar-refractivity contribution in [2.75, 3.05) is 0 Å². The highest BCUT2D eigenvalue weighted by atomic mass is 19.4. The van der Waals surface area contributed by atoms with Crippen LogP contribution in [-0.4, -0.2) is 45.8 Å². The summed E-state index contributed by atoms with van der Waals surface area (Å²) >= 11 is 0. The third-order valence-corrected chi connectivity index (χ3v) is 1.77. The van der Waals surface area contributed by atoms with Crippen LogP contribution >= 0.6 is 0 Å². The van der Waals surface area contributed by atoms with Crippen molar-refractivity contribution in [3.8, 4) is 0 Å². The molecule has 0 aromatic carbocycles. The van der Waals surface area contributed by atoms with Gasteiger partial charge < -0.3 is 10.2 Å². The Hall–Kier alpha value is -1.62. The molecule has 0 bridgehead atoms. The summed E-state index contributed by atoms with van der Waals surface area (Å²) in [6.07, 6.45) is -7.04. The standard InChI is InChI=1S/C6H2F8O4/c7-3(1(15)16,2(17)18)4(8,9)5(10,11)6(12,13)14/h(H,15,16)(H,17,18). The molecule has 0 heterocycles. The van der Waals surface area contributed by atoms with Gasteiger partial charge in [0.25, 0.3) is 0 Å². The molecule has 2 N–H and O–H groups in total. The van der Waals surface area contributed by atoms with Crippen LogP contribution in [0.3, 0.4) is 0 Å². The van der Waals surface area contributed by atoms with E-state index in [1.54, 1.807) is 0 Å². The quantitative estimate of drug-likeness (QED) is 0.610. The van der Waals surface area contributed by atoms with E-state index in [1.165, 1.54) is 0 Å². The number of carboxylic acid groups (broad SMARTS) is 2. The Morgan fingerprint density at radius 2 is 0.944 bits per heavy atom. The molecule has 0 saturated heterocycles. The molecule has 0 saturated carbocycles. The Balaban J connectivity index is 6.06. The van der Waals surface area contributed by atoms with Crippen LogP contribution in [0, 0.1) is 0 Å². The Morgan fingerprint density at radius 3 is 1.11 bits per heavy atom. The summed E-state index contributed by atoms with van der Waals surface area (Å²) in [6.45, 7) is 0. The summed E-state index contributed by atoms with van der Waals surface area (Å²) in [7, 11) is 0. The third-order valence-electron chi connectivity index (χ3n) is 1.77. The highest BCUT2D eigenvalue weighted by Gasteiger charge is 2.85. The second kappa shape index (κ2) is 3.95. The molecule has 106 valence electrons. The summed E-state index contributed by atoms with van der Waals surface area (Å²) in [6, 6.07) is 0. The molecule has 12 heteroatoms. The molecule has 0 aliphatic rings. The molecule has 0 fully saturated rings. The average Bonchev–Trinajstić information content (AvgIpc) is 2.13. The topological polar surface area (TPSA) is 74.6 Å². The monoisotopic (exact) mass is 290 g/mol. The molecule has 18 heavy (non-hydrogen) atoms. The molecule has 0 rings (SSSR count). The van der Waals surface area contributed by atoms with E-state index in [1.807, 2.05) is 0 Å². The van der Waals surface area contributed by atoms with Gasteiger partial charge in [-0.3, -0.25) is 0 Å². The highest BCUT2D eigenvalue weighted by molar-refractivity contribution is 6.03. The molecule has 0 aliphatic carbocycles. The minimum atomic E-state index is -7.19. The lowest BCUT2D eigenvalue weighted by Gasteiger charge is -2.33. The lowest BCUT2D eigenvalue weighted by molar-refractivity contribution is -0.373. The Labute approximate surface area is 91.8 Å². The highest BCUT2D eigenvalue weighted by Crippen LogP contribution is 2.52. The Kier molecular flexibility index (Phi) is 3.59. The Bertz CT molecular complexity index is 358. The van der Waals surface area contributed by atoms with Crippen LogP contribution in [0.4, 0.5) is 35.1 Å². The van der Waals surface area contributed by atoms with Gasteiger partial charge in [-0.15, -0.1) is 0 Å². The zero-order valence-corrected chi connectivity index (χ0v) is 7.73. The maximum Gasteiger partial charge on any atom is 0.460 e. The summed E-state index contributed by atoms with van der Waals surface area (Å²) in [4.78, 5) is 19.9. The molecule has 4 nitrogen and oxygen atoms in total. The fraction of sp³-hybridized carbons (Fsp3) is 0.667. The maximum absolute atomic E-state index is 12.9. The van der Waals surface area contributed by atoms with Crippen LogP contribution in [0.2, 0.25) is 0 Å². The normalized spacial score (nSPS) is 14.4. The van der Waals surface area contributed by atoms with Crippen molar-refractivity contribution in [3.63, 3.8) is 0 Å². The van der Waals surface area contributed by atoms with Crippen LogP contribution in [0.5, 0.6) is 0 Å². The van der Waals surface area contributed by atoms with Gasteiger partial charge in [0.2, 0.25) is 0 Å². The first kappa shape index (κ1) is 16.4. The number of alkyl halides is 8. The van der Waals surface area contributed by atoms with Crippen molar-refractivity contribution in [1.29, 1.82) is 0 Å². The second-order valence-electron chi connectivity index (χ2n) is 2.92. The number of carbonyl (C=O) groups is 2. The van der Waals surface area contributed by atoms with Crippen LogP contribution in [0.25, 0.3) is 0 Å². The fourth-order valence-corrected chi connectivity index (χ4v) is 0.754. The van der Waals surface area contributed by atoms with E-state index >= 15 is 0 Å². The van der Waals surface area contributed by atoms with E-state index in [2.05, 4.69) is 0 Å². The van der Waals surface area contributed by atoms with Crippen molar-refractivity contribution < 1.29 is 54.9 Å². The second-order valence-corrected chi connectivity index (χ2v) is 2.92. The van der Waals surface area contributed by atoms with Gasteiger partial charge in [0.05, 0.1) is 0 Å². The van der Waals surface area contributed by atoms with E-state index in [9.17, 15) is 44.7 Å². The average molecular weight is 290 g/mol. The van der Waals surface area contributed by atoms with Gasteiger partial charge >= 0.3 is 35.6 Å². The fourth-order valence-electron chi connectivity index (χ4n) is 0.754. The first-order chi connectivity index (χ1) is 7.64. The van der Waals surface area contributed by atoms with Crippen molar-refractivity contribution in [3.05, 3.63) is 0 Å². The van der Waals surface area contributed by atoms with Gasteiger partial charge in [-0.1, -0.05) is 0 Å². The number of hydrogen-bond donors (Lipinski definition) is 2. The van der Waals surface area contributed by atoms with Gasteiger partial charge in [-0.05, 0) is 0 Å².